The zero-order chi connectivity index (χ0) is 21.3. The van der Waals surface area contributed by atoms with Crippen molar-refractivity contribution in [2.45, 2.75) is 52.1 Å². The van der Waals surface area contributed by atoms with E-state index >= 15 is 0 Å². The monoisotopic (exact) mass is 407 g/mol. The van der Waals surface area contributed by atoms with Crippen molar-refractivity contribution < 1.29 is 14.3 Å². The molecular weight excluding hydrogens is 378 g/mol. The maximum Gasteiger partial charge on any atom is 0.338 e. The van der Waals surface area contributed by atoms with Crippen LogP contribution in [-0.4, -0.2) is 47.0 Å². The van der Waals surface area contributed by atoms with Gasteiger partial charge in [-0.3, -0.25) is 4.79 Å². The fourth-order valence-electron chi connectivity index (χ4n) is 4.07. The summed E-state index contributed by atoms with van der Waals surface area (Å²) in [5, 5.41) is 0. The molecule has 1 aromatic carbocycles. The Bertz CT molecular complexity index is 958. The van der Waals surface area contributed by atoms with E-state index in [4.69, 9.17) is 4.74 Å². The topological polar surface area (TPSA) is 62.7 Å². The molecule has 0 saturated carbocycles. The molecule has 1 saturated heterocycles. The fourth-order valence-corrected chi connectivity index (χ4v) is 4.07. The molecule has 2 aliphatic heterocycles. The van der Waals surface area contributed by atoms with Crippen molar-refractivity contribution in [2.75, 3.05) is 24.5 Å². The van der Waals surface area contributed by atoms with Crippen LogP contribution in [0.4, 0.5) is 11.5 Å². The highest BCUT2D eigenvalue weighted by atomic mass is 16.6. The maximum atomic E-state index is 12.7. The van der Waals surface area contributed by atoms with Gasteiger partial charge in [0.1, 0.15) is 11.4 Å². The average molecular weight is 408 g/mol. The number of benzene rings is 1. The zero-order valence-electron chi connectivity index (χ0n) is 18.0. The van der Waals surface area contributed by atoms with Crippen LogP contribution in [0.5, 0.6) is 0 Å². The van der Waals surface area contributed by atoms with Crippen LogP contribution in [0.25, 0.3) is 0 Å². The number of ether oxygens (including phenoxy) is 1. The van der Waals surface area contributed by atoms with E-state index in [1.165, 1.54) is 0 Å². The first kappa shape index (κ1) is 20.4. The summed E-state index contributed by atoms with van der Waals surface area (Å²) in [5.74, 6) is 0.605. The molecule has 0 unspecified atom stereocenters. The molecule has 0 aliphatic carbocycles. The molecule has 0 radical (unpaired) electrons. The number of anilines is 2. The second-order valence-electron chi connectivity index (χ2n) is 9.01. The lowest BCUT2D eigenvalue weighted by molar-refractivity contribution is 0.00694. The van der Waals surface area contributed by atoms with Gasteiger partial charge in [0.05, 0.1) is 11.1 Å². The van der Waals surface area contributed by atoms with Crippen LogP contribution in [0.3, 0.4) is 0 Å². The van der Waals surface area contributed by atoms with Crippen LogP contribution < -0.4 is 4.90 Å². The average Bonchev–Trinajstić information content (AvgIpc) is 3.26. The highest BCUT2D eigenvalue weighted by molar-refractivity contribution is 5.95. The molecule has 30 heavy (non-hydrogen) atoms. The van der Waals surface area contributed by atoms with Gasteiger partial charge in [-0.2, -0.15) is 0 Å². The lowest BCUT2D eigenvalue weighted by Crippen LogP contribution is -2.29. The number of aromatic nitrogens is 1. The van der Waals surface area contributed by atoms with Crippen LogP contribution in [0, 0.1) is 0 Å². The highest BCUT2D eigenvalue weighted by Gasteiger charge is 2.25. The number of nitrogens with zero attached hydrogens (tertiary/aromatic N) is 3. The molecule has 1 fully saturated rings. The van der Waals surface area contributed by atoms with E-state index in [0.717, 1.165) is 62.4 Å². The molecule has 158 valence electrons. The predicted molar refractivity (Wildman–Crippen MR) is 116 cm³/mol. The highest BCUT2D eigenvalue weighted by Crippen LogP contribution is 2.33. The molecule has 2 aromatic rings. The lowest BCUT2D eigenvalue weighted by atomic mass is 10.0. The van der Waals surface area contributed by atoms with Gasteiger partial charge in [-0.15, -0.1) is 0 Å². The van der Waals surface area contributed by atoms with E-state index in [1.807, 2.05) is 49.9 Å². The third-order valence-corrected chi connectivity index (χ3v) is 5.46. The van der Waals surface area contributed by atoms with Crippen LogP contribution in [-0.2, 0) is 11.2 Å². The number of fused-ring (bicyclic) bond motifs is 1. The van der Waals surface area contributed by atoms with Gasteiger partial charge in [0.2, 0.25) is 0 Å². The lowest BCUT2D eigenvalue weighted by Gasteiger charge is -2.31. The summed E-state index contributed by atoms with van der Waals surface area (Å²) in [6, 6.07) is 9.47. The molecular formula is C24H29N3O3. The summed E-state index contributed by atoms with van der Waals surface area (Å²) < 4.78 is 5.51. The third kappa shape index (κ3) is 4.32. The van der Waals surface area contributed by atoms with E-state index in [2.05, 4.69) is 9.88 Å². The first-order valence-electron chi connectivity index (χ1n) is 10.7. The molecule has 2 aliphatic rings. The largest absolute Gasteiger partial charge is 0.456 e. The Balaban J connectivity index is 1.59. The maximum absolute atomic E-state index is 12.7. The first-order chi connectivity index (χ1) is 14.3. The summed E-state index contributed by atoms with van der Waals surface area (Å²) in [7, 11) is 0. The molecule has 0 N–H and O–H groups in total. The van der Waals surface area contributed by atoms with Crippen molar-refractivity contribution in [3.05, 3.63) is 53.2 Å². The van der Waals surface area contributed by atoms with Crippen molar-refractivity contribution in [3.63, 3.8) is 0 Å². The number of pyridine rings is 1. The Morgan fingerprint density at radius 1 is 1.00 bits per heavy atom. The Morgan fingerprint density at radius 3 is 2.50 bits per heavy atom. The normalized spacial score (nSPS) is 16.4. The quantitative estimate of drug-likeness (QED) is 0.708. The molecule has 0 spiro atoms. The number of rotatable bonds is 3. The van der Waals surface area contributed by atoms with Crippen LogP contribution in [0.15, 0.2) is 36.5 Å². The van der Waals surface area contributed by atoms with Gasteiger partial charge in [-0.25, -0.2) is 9.78 Å². The molecule has 0 atom stereocenters. The van der Waals surface area contributed by atoms with Crippen molar-refractivity contribution in [1.29, 1.82) is 0 Å². The van der Waals surface area contributed by atoms with E-state index in [9.17, 15) is 9.59 Å². The zero-order valence-corrected chi connectivity index (χ0v) is 18.0. The SMILES string of the molecule is CC(C)(C)OC(=O)c1cccc(N2CCCc3cc(C(=O)N4CCCC4)cnc32)c1. The second kappa shape index (κ2) is 8.09. The molecule has 3 heterocycles. The molecule has 6 heteroatoms. The Hall–Kier alpha value is -2.89. The number of hydrogen-bond donors (Lipinski definition) is 0. The van der Waals surface area contributed by atoms with Crippen LogP contribution in [0.1, 0.15) is 66.3 Å². The molecule has 4 rings (SSSR count). The van der Waals surface area contributed by atoms with Crippen molar-refractivity contribution >= 4 is 23.4 Å². The fraction of sp³-hybridized carbons (Fsp3) is 0.458. The third-order valence-electron chi connectivity index (χ3n) is 5.46. The first-order valence-corrected chi connectivity index (χ1v) is 10.7. The van der Waals surface area contributed by atoms with Gasteiger partial charge >= 0.3 is 5.97 Å². The number of carbonyl (C=O) groups excluding carboxylic acids is 2. The van der Waals surface area contributed by atoms with E-state index in [-0.39, 0.29) is 11.9 Å². The van der Waals surface area contributed by atoms with Gasteiger partial charge in [-0.05, 0) is 76.3 Å². The van der Waals surface area contributed by atoms with E-state index in [1.54, 1.807) is 12.3 Å². The minimum Gasteiger partial charge on any atom is -0.456 e. The second-order valence-corrected chi connectivity index (χ2v) is 9.01. The summed E-state index contributed by atoms with van der Waals surface area (Å²) in [6.45, 7) is 8.07. The van der Waals surface area contributed by atoms with E-state index in [0.29, 0.717) is 11.1 Å². The number of esters is 1. The summed E-state index contributed by atoms with van der Waals surface area (Å²) in [4.78, 5) is 33.9. The van der Waals surface area contributed by atoms with Gasteiger partial charge in [-0.1, -0.05) is 6.07 Å². The minimum absolute atomic E-state index is 0.0758. The van der Waals surface area contributed by atoms with Gasteiger partial charge in [0, 0.05) is 31.5 Å². The van der Waals surface area contributed by atoms with Crippen molar-refractivity contribution in [3.8, 4) is 0 Å². The molecule has 6 nitrogen and oxygen atoms in total. The number of aryl methyl sites for hydroxylation is 1. The van der Waals surface area contributed by atoms with Crippen LogP contribution in [0.2, 0.25) is 0 Å². The predicted octanol–water partition coefficient (Wildman–Crippen LogP) is 4.36. The number of hydrogen-bond acceptors (Lipinski definition) is 5. The molecule has 1 amide bonds. The molecule has 0 bridgehead atoms. The Labute approximate surface area is 177 Å². The van der Waals surface area contributed by atoms with Crippen LogP contribution >= 0.6 is 0 Å². The standard InChI is InChI=1S/C24H29N3O3/c1-24(2,3)30-23(29)18-8-6-10-20(15-18)27-13-7-9-17-14-19(16-25-21(17)27)22(28)26-11-4-5-12-26/h6,8,10,14-16H,4-5,7,9,11-13H2,1-3H3. The van der Waals surface area contributed by atoms with Gasteiger partial charge in [0.25, 0.3) is 5.91 Å². The molecule has 1 aromatic heterocycles. The summed E-state index contributed by atoms with van der Waals surface area (Å²) in [6.07, 6.45) is 5.70. The summed E-state index contributed by atoms with van der Waals surface area (Å²) in [5.41, 5.74) is 2.64. The Kier molecular flexibility index (Phi) is 5.50. The van der Waals surface area contributed by atoms with Gasteiger partial charge in [0.15, 0.2) is 0 Å². The number of likely N-dealkylation sites (tertiary alicyclic amines) is 1. The minimum atomic E-state index is -0.537. The Morgan fingerprint density at radius 2 is 1.77 bits per heavy atom. The van der Waals surface area contributed by atoms with E-state index < -0.39 is 5.60 Å². The van der Waals surface area contributed by atoms with Crippen molar-refractivity contribution in [2.24, 2.45) is 0 Å². The van der Waals surface area contributed by atoms with Crippen molar-refractivity contribution in [1.82, 2.24) is 9.88 Å². The summed E-state index contributed by atoms with van der Waals surface area (Å²) >= 11 is 0. The smallest absolute Gasteiger partial charge is 0.338 e. The number of carbonyl (C=O) groups is 2. The number of amides is 1. The van der Waals surface area contributed by atoms with Gasteiger partial charge < -0.3 is 14.5 Å².